The number of pyridine rings is 1. The molecule has 0 radical (unpaired) electrons. The smallest absolute Gasteiger partial charge is 0.136 e. The predicted octanol–water partition coefficient (Wildman–Crippen LogP) is 3.83. The summed E-state index contributed by atoms with van der Waals surface area (Å²) >= 11 is 0. The van der Waals surface area contributed by atoms with Gasteiger partial charge in [-0.25, -0.2) is 4.98 Å². The van der Waals surface area contributed by atoms with E-state index in [1.807, 2.05) is 7.05 Å². The van der Waals surface area contributed by atoms with E-state index in [2.05, 4.69) is 68.4 Å². The molecule has 1 N–H and O–H groups in total. The van der Waals surface area contributed by atoms with E-state index in [4.69, 9.17) is 4.98 Å². The Morgan fingerprint density at radius 2 is 1.90 bits per heavy atom. The molecule has 3 heteroatoms. The Morgan fingerprint density at radius 3 is 2.57 bits per heavy atom. The highest BCUT2D eigenvalue weighted by molar-refractivity contribution is 5.92. The molecule has 0 saturated carbocycles. The number of fused-ring (bicyclic) bond motifs is 1. The molecule has 1 heterocycles. The summed E-state index contributed by atoms with van der Waals surface area (Å²) in [6.07, 6.45) is 1.17. The molecule has 0 aliphatic heterocycles. The van der Waals surface area contributed by atoms with E-state index in [1.165, 1.54) is 17.2 Å². The molecule has 1 aromatic heterocycles. The number of hydrogen-bond donors (Lipinski definition) is 1. The van der Waals surface area contributed by atoms with Gasteiger partial charge in [-0.05, 0) is 37.8 Å². The van der Waals surface area contributed by atoms with Crippen LogP contribution in [0.2, 0.25) is 0 Å². The molecule has 0 amide bonds. The molecule has 0 spiro atoms. The Hall–Kier alpha value is -1.61. The standard InChI is InChI=1S/C18H27N3/c1-13(2)10-14(3)21(5)18-17-9-7-6-8-15(17)11-16(20-18)12-19-4/h6-9,11,13-14,19H,10,12H2,1-5H3. The summed E-state index contributed by atoms with van der Waals surface area (Å²) < 4.78 is 0. The van der Waals surface area contributed by atoms with E-state index in [1.54, 1.807) is 0 Å². The van der Waals surface area contributed by atoms with Crippen molar-refractivity contribution in [2.45, 2.75) is 39.8 Å². The van der Waals surface area contributed by atoms with Gasteiger partial charge in [0.05, 0.1) is 5.69 Å². The van der Waals surface area contributed by atoms with Gasteiger partial charge >= 0.3 is 0 Å². The largest absolute Gasteiger partial charge is 0.356 e. The maximum Gasteiger partial charge on any atom is 0.136 e. The van der Waals surface area contributed by atoms with Crippen LogP contribution in [0.25, 0.3) is 10.8 Å². The SMILES string of the molecule is CNCc1cc2ccccc2c(N(C)C(C)CC(C)C)n1. The van der Waals surface area contributed by atoms with Crippen LogP contribution in [0.3, 0.4) is 0 Å². The lowest BCUT2D eigenvalue weighted by Gasteiger charge is -2.29. The molecular formula is C18H27N3. The zero-order valence-corrected chi connectivity index (χ0v) is 13.9. The maximum atomic E-state index is 4.88. The molecule has 1 atom stereocenters. The first kappa shape index (κ1) is 15.8. The van der Waals surface area contributed by atoms with Crippen molar-refractivity contribution >= 4 is 16.6 Å². The van der Waals surface area contributed by atoms with Crippen molar-refractivity contribution in [3.63, 3.8) is 0 Å². The van der Waals surface area contributed by atoms with Gasteiger partial charge in [0.25, 0.3) is 0 Å². The second kappa shape index (κ2) is 6.90. The highest BCUT2D eigenvalue weighted by Crippen LogP contribution is 2.27. The minimum Gasteiger partial charge on any atom is -0.356 e. The number of nitrogens with zero attached hydrogens (tertiary/aromatic N) is 2. The number of anilines is 1. The van der Waals surface area contributed by atoms with Crippen LogP contribution in [0.1, 0.15) is 32.9 Å². The van der Waals surface area contributed by atoms with Crippen LogP contribution in [-0.2, 0) is 6.54 Å². The molecule has 114 valence electrons. The predicted molar refractivity (Wildman–Crippen MR) is 91.8 cm³/mol. The fourth-order valence-electron chi connectivity index (χ4n) is 2.82. The van der Waals surface area contributed by atoms with Gasteiger partial charge in [-0.3, -0.25) is 0 Å². The van der Waals surface area contributed by atoms with Crippen LogP contribution in [-0.4, -0.2) is 25.1 Å². The summed E-state index contributed by atoms with van der Waals surface area (Å²) in [6.45, 7) is 7.62. The van der Waals surface area contributed by atoms with Crippen molar-refractivity contribution < 1.29 is 0 Å². The average molecular weight is 285 g/mol. The third-order valence-corrected chi connectivity index (χ3v) is 3.94. The van der Waals surface area contributed by atoms with Gasteiger partial charge < -0.3 is 10.2 Å². The Bertz CT molecular complexity index is 592. The van der Waals surface area contributed by atoms with Crippen LogP contribution in [0.4, 0.5) is 5.82 Å². The molecule has 3 nitrogen and oxygen atoms in total. The third-order valence-electron chi connectivity index (χ3n) is 3.94. The van der Waals surface area contributed by atoms with Gasteiger partial charge in [-0.1, -0.05) is 38.1 Å². The third kappa shape index (κ3) is 3.73. The Morgan fingerprint density at radius 1 is 1.19 bits per heavy atom. The molecule has 1 unspecified atom stereocenters. The van der Waals surface area contributed by atoms with Crippen molar-refractivity contribution in [2.24, 2.45) is 5.92 Å². The van der Waals surface area contributed by atoms with Gasteiger partial charge in [-0.2, -0.15) is 0 Å². The van der Waals surface area contributed by atoms with Crippen LogP contribution in [0.5, 0.6) is 0 Å². The van der Waals surface area contributed by atoms with Crippen molar-refractivity contribution in [2.75, 3.05) is 19.0 Å². The number of rotatable bonds is 6. The Labute approximate surface area is 128 Å². The average Bonchev–Trinajstić information content (AvgIpc) is 2.45. The minimum atomic E-state index is 0.478. The quantitative estimate of drug-likeness (QED) is 0.874. The maximum absolute atomic E-state index is 4.88. The molecule has 2 aromatic rings. The summed E-state index contributed by atoms with van der Waals surface area (Å²) in [5.41, 5.74) is 1.09. The highest BCUT2D eigenvalue weighted by atomic mass is 15.2. The highest BCUT2D eigenvalue weighted by Gasteiger charge is 2.16. The molecule has 0 bridgehead atoms. The van der Waals surface area contributed by atoms with E-state index in [0.29, 0.717) is 12.0 Å². The topological polar surface area (TPSA) is 28.2 Å². The zero-order chi connectivity index (χ0) is 15.4. The lowest BCUT2D eigenvalue weighted by atomic mass is 10.0. The lowest BCUT2D eigenvalue weighted by molar-refractivity contribution is 0.502. The Kier molecular flexibility index (Phi) is 5.18. The number of benzene rings is 1. The monoisotopic (exact) mass is 285 g/mol. The van der Waals surface area contributed by atoms with E-state index in [-0.39, 0.29) is 0 Å². The minimum absolute atomic E-state index is 0.478. The van der Waals surface area contributed by atoms with Gasteiger partial charge in [0.15, 0.2) is 0 Å². The molecular weight excluding hydrogens is 258 g/mol. The fourth-order valence-corrected chi connectivity index (χ4v) is 2.82. The molecule has 0 aliphatic rings. The van der Waals surface area contributed by atoms with Gasteiger partial charge in [0.1, 0.15) is 5.82 Å². The Balaban J connectivity index is 2.44. The van der Waals surface area contributed by atoms with Crippen molar-refractivity contribution in [1.82, 2.24) is 10.3 Å². The second-order valence-corrected chi connectivity index (χ2v) is 6.28. The number of hydrogen-bond acceptors (Lipinski definition) is 3. The summed E-state index contributed by atoms with van der Waals surface area (Å²) in [4.78, 5) is 7.20. The van der Waals surface area contributed by atoms with E-state index < -0.39 is 0 Å². The number of nitrogens with one attached hydrogen (secondary N) is 1. The molecule has 21 heavy (non-hydrogen) atoms. The molecule has 2 rings (SSSR count). The van der Waals surface area contributed by atoms with Crippen LogP contribution in [0.15, 0.2) is 30.3 Å². The normalized spacial score (nSPS) is 12.9. The van der Waals surface area contributed by atoms with Crippen molar-refractivity contribution in [1.29, 1.82) is 0 Å². The van der Waals surface area contributed by atoms with E-state index in [9.17, 15) is 0 Å². The van der Waals surface area contributed by atoms with E-state index in [0.717, 1.165) is 18.1 Å². The summed E-state index contributed by atoms with van der Waals surface area (Å²) in [7, 11) is 4.12. The molecule has 0 aliphatic carbocycles. The van der Waals surface area contributed by atoms with Crippen LogP contribution in [0, 0.1) is 5.92 Å². The zero-order valence-electron chi connectivity index (χ0n) is 13.9. The van der Waals surface area contributed by atoms with Crippen molar-refractivity contribution in [3.8, 4) is 0 Å². The van der Waals surface area contributed by atoms with Crippen LogP contribution >= 0.6 is 0 Å². The van der Waals surface area contributed by atoms with E-state index >= 15 is 0 Å². The fraction of sp³-hybridized carbons (Fsp3) is 0.500. The summed E-state index contributed by atoms with van der Waals surface area (Å²) in [5.74, 6) is 1.78. The second-order valence-electron chi connectivity index (χ2n) is 6.28. The first-order valence-corrected chi connectivity index (χ1v) is 7.79. The van der Waals surface area contributed by atoms with Crippen LogP contribution < -0.4 is 10.2 Å². The molecule has 0 fully saturated rings. The van der Waals surface area contributed by atoms with Gasteiger partial charge in [0.2, 0.25) is 0 Å². The van der Waals surface area contributed by atoms with Crippen molar-refractivity contribution in [3.05, 3.63) is 36.0 Å². The van der Waals surface area contributed by atoms with Gasteiger partial charge in [0, 0.05) is 25.0 Å². The van der Waals surface area contributed by atoms with Gasteiger partial charge in [-0.15, -0.1) is 0 Å². The summed E-state index contributed by atoms with van der Waals surface area (Å²) in [5, 5.41) is 5.69. The number of aromatic nitrogens is 1. The summed E-state index contributed by atoms with van der Waals surface area (Å²) in [6, 6.07) is 11.2. The molecule has 1 aromatic carbocycles. The first-order chi connectivity index (χ1) is 10.0. The lowest BCUT2D eigenvalue weighted by Crippen LogP contribution is -2.31. The molecule has 0 saturated heterocycles. The first-order valence-electron chi connectivity index (χ1n) is 7.79.